The molecule has 0 radical (unpaired) electrons. The van der Waals surface area contributed by atoms with E-state index in [1.165, 1.54) is 30.4 Å². The van der Waals surface area contributed by atoms with E-state index in [2.05, 4.69) is 11.4 Å². The Hall–Kier alpha value is -1.06. The molecule has 3 aliphatic rings. The first kappa shape index (κ1) is 15.5. The molecule has 2 bridgehead atoms. The number of hydrogen-bond donors (Lipinski definition) is 2. The van der Waals surface area contributed by atoms with Crippen LogP contribution in [0.1, 0.15) is 55.7 Å². The highest BCUT2D eigenvalue weighted by molar-refractivity contribution is 6.31. The third-order valence-electron chi connectivity index (χ3n) is 6.31. The maximum atomic E-state index is 12.8. The molecule has 124 valence electrons. The molecule has 1 aromatic rings. The van der Waals surface area contributed by atoms with Gasteiger partial charge in [-0.15, -0.1) is 0 Å². The van der Waals surface area contributed by atoms with Crippen molar-refractivity contribution in [1.29, 1.82) is 0 Å². The Morgan fingerprint density at radius 1 is 1.17 bits per heavy atom. The van der Waals surface area contributed by atoms with Gasteiger partial charge < -0.3 is 11.1 Å². The summed E-state index contributed by atoms with van der Waals surface area (Å²) in [6, 6.07) is 6.47. The minimum atomic E-state index is 0.131. The van der Waals surface area contributed by atoms with Crippen LogP contribution in [0.2, 0.25) is 5.02 Å². The van der Waals surface area contributed by atoms with E-state index in [9.17, 15) is 4.79 Å². The second-order valence-corrected chi connectivity index (χ2v) is 8.01. The lowest BCUT2D eigenvalue weighted by Gasteiger charge is -2.43. The van der Waals surface area contributed by atoms with E-state index in [4.69, 9.17) is 17.3 Å². The molecule has 3 unspecified atom stereocenters. The van der Waals surface area contributed by atoms with Crippen LogP contribution in [-0.2, 0) is 11.2 Å². The van der Waals surface area contributed by atoms with Crippen molar-refractivity contribution in [3.63, 3.8) is 0 Å². The Morgan fingerprint density at radius 2 is 1.91 bits per heavy atom. The fraction of sp³-hybridized carbons (Fsp3) is 0.632. The molecule has 1 amide bonds. The number of carbonyl (C=O) groups excluding carboxylic acids is 1. The number of benzene rings is 1. The van der Waals surface area contributed by atoms with Crippen molar-refractivity contribution in [2.24, 2.45) is 23.5 Å². The fourth-order valence-electron chi connectivity index (χ4n) is 5.05. The standard InChI is InChI=1S/C19H25ClN2O/c20-16-6-2-5-15-14(16)7-8-17(15)22-19(23)13-9-11-3-1-4-12(10-13)18(11)21/h2,5-6,11-13,17-18H,1,3-4,7-10,21H2,(H,22,23). The van der Waals surface area contributed by atoms with E-state index >= 15 is 0 Å². The van der Waals surface area contributed by atoms with Gasteiger partial charge in [-0.25, -0.2) is 0 Å². The number of nitrogens with two attached hydrogens (primary N) is 1. The predicted molar refractivity (Wildman–Crippen MR) is 92.2 cm³/mol. The lowest BCUT2D eigenvalue weighted by molar-refractivity contribution is -0.128. The van der Waals surface area contributed by atoms with E-state index in [0.717, 1.165) is 30.7 Å². The van der Waals surface area contributed by atoms with E-state index in [1.54, 1.807) is 0 Å². The maximum absolute atomic E-state index is 12.8. The third-order valence-corrected chi connectivity index (χ3v) is 6.67. The summed E-state index contributed by atoms with van der Waals surface area (Å²) in [5.74, 6) is 1.46. The Kier molecular flexibility index (Phi) is 4.10. The van der Waals surface area contributed by atoms with Gasteiger partial charge in [-0.2, -0.15) is 0 Å². The SMILES string of the molecule is NC1C2CCCC1CC(C(=O)NC1CCc3c(Cl)cccc31)C2. The van der Waals surface area contributed by atoms with Crippen LogP contribution in [-0.4, -0.2) is 11.9 Å². The summed E-state index contributed by atoms with van der Waals surface area (Å²) < 4.78 is 0. The first-order valence-corrected chi connectivity index (χ1v) is 9.34. The van der Waals surface area contributed by atoms with Gasteiger partial charge in [-0.1, -0.05) is 30.2 Å². The summed E-state index contributed by atoms with van der Waals surface area (Å²) >= 11 is 6.27. The lowest BCUT2D eigenvalue weighted by atomic mass is 9.65. The van der Waals surface area contributed by atoms with Gasteiger partial charge in [0.15, 0.2) is 0 Å². The summed E-state index contributed by atoms with van der Waals surface area (Å²) in [5, 5.41) is 4.13. The first-order valence-electron chi connectivity index (χ1n) is 8.96. The van der Waals surface area contributed by atoms with E-state index in [0.29, 0.717) is 17.9 Å². The van der Waals surface area contributed by atoms with Crippen LogP contribution >= 0.6 is 11.6 Å². The molecule has 1 aromatic carbocycles. The van der Waals surface area contributed by atoms with Gasteiger partial charge in [-0.3, -0.25) is 4.79 Å². The molecule has 2 saturated carbocycles. The predicted octanol–water partition coefficient (Wildman–Crippen LogP) is 3.60. The van der Waals surface area contributed by atoms with Crippen LogP contribution in [0.5, 0.6) is 0 Å². The van der Waals surface area contributed by atoms with Crippen LogP contribution in [0, 0.1) is 17.8 Å². The molecule has 0 aliphatic heterocycles. The fourth-order valence-corrected chi connectivity index (χ4v) is 5.33. The van der Waals surface area contributed by atoms with Crippen molar-refractivity contribution in [3.8, 4) is 0 Å². The van der Waals surface area contributed by atoms with Gasteiger partial charge in [0, 0.05) is 17.0 Å². The second-order valence-electron chi connectivity index (χ2n) is 7.60. The van der Waals surface area contributed by atoms with Crippen molar-refractivity contribution in [3.05, 3.63) is 34.3 Å². The molecule has 4 rings (SSSR count). The first-order chi connectivity index (χ1) is 11.1. The number of hydrogen-bond acceptors (Lipinski definition) is 2. The average Bonchev–Trinajstić information content (AvgIpc) is 2.91. The van der Waals surface area contributed by atoms with Crippen molar-refractivity contribution in [1.82, 2.24) is 5.32 Å². The smallest absolute Gasteiger partial charge is 0.223 e. The largest absolute Gasteiger partial charge is 0.349 e. The number of nitrogens with one attached hydrogen (secondary N) is 1. The number of amides is 1. The number of rotatable bonds is 2. The van der Waals surface area contributed by atoms with Crippen LogP contribution in [0.15, 0.2) is 18.2 Å². The normalized spacial score (nSPS) is 35.7. The van der Waals surface area contributed by atoms with E-state index in [1.807, 2.05) is 12.1 Å². The van der Waals surface area contributed by atoms with Crippen molar-refractivity contribution in [2.75, 3.05) is 0 Å². The van der Waals surface area contributed by atoms with Gasteiger partial charge in [0.2, 0.25) is 5.91 Å². The molecule has 0 spiro atoms. The summed E-state index contributed by atoms with van der Waals surface area (Å²) in [6.07, 6.45) is 7.54. The quantitative estimate of drug-likeness (QED) is 0.869. The zero-order chi connectivity index (χ0) is 16.0. The Labute approximate surface area is 143 Å². The zero-order valence-electron chi connectivity index (χ0n) is 13.4. The summed E-state index contributed by atoms with van der Waals surface area (Å²) in [4.78, 5) is 12.8. The number of halogens is 1. The van der Waals surface area contributed by atoms with Crippen LogP contribution in [0.3, 0.4) is 0 Å². The van der Waals surface area contributed by atoms with Gasteiger partial charge >= 0.3 is 0 Å². The highest BCUT2D eigenvalue weighted by atomic mass is 35.5. The molecule has 3 atom stereocenters. The average molecular weight is 333 g/mol. The van der Waals surface area contributed by atoms with Gasteiger partial charge in [0.1, 0.15) is 0 Å². The van der Waals surface area contributed by atoms with Crippen LogP contribution in [0.4, 0.5) is 0 Å². The minimum Gasteiger partial charge on any atom is -0.349 e. The molecule has 0 saturated heterocycles. The van der Waals surface area contributed by atoms with Crippen molar-refractivity contribution >= 4 is 17.5 Å². The Bertz CT molecular complexity index is 603. The Balaban J connectivity index is 1.45. The van der Waals surface area contributed by atoms with Crippen LogP contribution < -0.4 is 11.1 Å². The third kappa shape index (κ3) is 2.78. The second kappa shape index (κ2) is 6.10. The molecule has 3 nitrogen and oxygen atoms in total. The topological polar surface area (TPSA) is 55.1 Å². The molecule has 3 aliphatic carbocycles. The molecular formula is C19H25ClN2O. The van der Waals surface area contributed by atoms with Crippen molar-refractivity contribution < 1.29 is 4.79 Å². The maximum Gasteiger partial charge on any atom is 0.223 e. The van der Waals surface area contributed by atoms with Gasteiger partial charge in [0.25, 0.3) is 0 Å². The number of fused-ring (bicyclic) bond motifs is 3. The molecule has 0 aromatic heterocycles. The lowest BCUT2D eigenvalue weighted by Crippen LogP contribution is -2.49. The summed E-state index contributed by atoms with van der Waals surface area (Å²) in [5.41, 5.74) is 8.76. The molecule has 3 N–H and O–H groups in total. The summed E-state index contributed by atoms with van der Waals surface area (Å²) in [6.45, 7) is 0. The minimum absolute atomic E-state index is 0.131. The monoisotopic (exact) mass is 332 g/mol. The zero-order valence-corrected chi connectivity index (χ0v) is 14.2. The molecule has 0 heterocycles. The molecule has 2 fully saturated rings. The molecule has 4 heteroatoms. The van der Waals surface area contributed by atoms with E-state index < -0.39 is 0 Å². The number of carbonyl (C=O) groups is 1. The molecule has 23 heavy (non-hydrogen) atoms. The van der Waals surface area contributed by atoms with Crippen LogP contribution in [0.25, 0.3) is 0 Å². The van der Waals surface area contributed by atoms with Crippen molar-refractivity contribution in [2.45, 2.75) is 57.0 Å². The molecular weight excluding hydrogens is 308 g/mol. The van der Waals surface area contributed by atoms with E-state index in [-0.39, 0.29) is 17.9 Å². The summed E-state index contributed by atoms with van der Waals surface area (Å²) in [7, 11) is 0. The van der Waals surface area contributed by atoms with Gasteiger partial charge in [0.05, 0.1) is 6.04 Å². The van der Waals surface area contributed by atoms with Gasteiger partial charge in [-0.05, 0) is 67.6 Å². The Morgan fingerprint density at radius 3 is 2.65 bits per heavy atom. The highest BCUT2D eigenvalue weighted by Gasteiger charge is 2.41. The highest BCUT2D eigenvalue weighted by Crippen LogP contribution is 2.42.